The highest BCUT2D eigenvalue weighted by Gasteiger charge is 2.23. The van der Waals surface area contributed by atoms with Gasteiger partial charge < -0.3 is 20.3 Å². The summed E-state index contributed by atoms with van der Waals surface area (Å²) in [5.74, 6) is -0.203. The predicted molar refractivity (Wildman–Crippen MR) is 106 cm³/mol. The van der Waals surface area contributed by atoms with Crippen molar-refractivity contribution >= 4 is 11.9 Å². The van der Waals surface area contributed by atoms with Crippen LogP contribution in [0.3, 0.4) is 0 Å². The van der Waals surface area contributed by atoms with Crippen LogP contribution in [-0.2, 0) is 11.3 Å². The van der Waals surface area contributed by atoms with Crippen LogP contribution in [-0.4, -0.2) is 68.1 Å². The van der Waals surface area contributed by atoms with Crippen LogP contribution in [0.25, 0.3) is 0 Å². The Labute approximate surface area is 166 Å². The van der Waals surface area contributed by atoms with E-state index < -0.39 is 5.82 Å². The van der Waals surface area contributed by atoms with Crippen LogP contribution < -0.4 is 15.4 Å². The SMILES string of the molecule is CCCNC(=O)CN1CCC(NC(=O)N(C)Cc2ccc(OC)c(F)c2)CC1. The van der Waals surface area contributed by atoms with E-state index in [1.165, 1.54) is 18.1 Å². The average molecular weight is 394 g/mol. The lowest BCUT2D eigenvalue weighted by atomic mass is 10.1. The van der Waals surface area contributed by atoms with Crippen LogP contribution in [0, 0.1) is 5.82 Å². The van der Waals surface area contributed by atoms with Crippen LogP contribution in [0.2, 0.25) is 0 Å². The smallest absolute Gasteiger partial charge is 0.317 e. The molecule has 2 N–H and O–H groups in total. The number of ether oxygens (including phenoxy) is 1. The lowest BCUT2D eigenvalue weighted by molar-refractivity contribution is -0.122. The number of methoxy groups -OCH3 is 1. The van der Waals surface area contributed by atoms with Crippen molar-refractivity contribution < 1.29 is 18.7 Å². The molecule has 1 heterocycles. The molecule has 1 saturated heterocycles. The number of benzene rings is 1. The van der Waals surface area contributed by atoms with Gasteiger partial charge in [0.2, 0.25) is 5.91 Å². The maximum absolute atomic E-state index is 13.8. The van der Waals surface area contributed by atoms with Crippen molar-refractivity contribution in [3.05, 3.63) is 29.6 Å². The molecule has 1 aromatic carbocycles. The molecule has 3 amide bonds. The fourth-order valence-electron chi connectivity index (χ4n) is 3.20. The van der Waals surface area contributed by atoms with Gasteiger partial charge in [-0.1, -0.05) is 13.0 Å². The maximum Gasteiger partial charge on any atom is 0.317 e. The van der Waals surface area contributed by atoms with E-state index in [9.17, 15) is 14.0 Å². The second kappa shape index (κ2) is 10.8. The van der Waals surface area contributed by atoms with E-state index in [2.05, 4.69) is 15.5 Å². The molecule has 0 radical (unpaired) electrons. The van der Waals surface area contributed by atoms with E-state index in [1.807, 2.05) is 6.92 Å². The zero-order valence-corrected chi connectivity index (χ0v) is 17.0. The summed E-state index contributed by atoms with van der Waals surface area (Å²) in [5, 5.41) is 5.91. The van der Waals surface area contributed by atoms with E-state index in [-0.39, 0.29) is 23.7 Å². The van der Waals surface area contributed by atoms with Crippen molar-refractivity contribution in [3.8, 4) is 5.75 Å². The molecule has 0 unspecified atom stereocenters. The Hall–Kier alpha value is -2.35. The molecule has 28 heavy (non-hydrogen) atoms. The highest BCUT2D eigenvalue weighted by molar-refractivity contribution is 5.78. The number of rotatable bonds is 8. The molecule has 1 fully saturated rings. The Kier molecular flexibility index (Phi) is 8.50. The number of nitrogens with zero attached hydrogens (tertiary/aromatic N) is 2. The molecule has 156 valence electrons. The van der Waals surface area contributed by atoms with Gasteiger partial charge in [-0.15, -0.1) is 0 Å². The van der Waals surface area contributed by atoms with Crippen molar-refractivity contribution in [1.82, 2.24) is 20.4 Å². The molecule has 0 spiro atoms. The van der Waals surface area contributed by atoms with Crippen molar-refractivity contribution in [2.45, 2.75) is 38.8 Å². The molecule has 0 bridgehead atoms. The van der Waals surface area contributed by atoms with E-state index in [0.29, 0.717) is 25.2 Å². The molecule has 8 heteroatoms. The molecule has 7 nitrogen and oxygen atoms in total. The van der Waals surface area contributed by atoms with Gasteiger partial charge in [-0.25, -0.2) is 9.18 Å². The first-order valence-electron chi connectivity index (χ1n) is 9.76. The zero-order chi connectivity index (χ0) is 20.5. The monoisotopic (exact) mass is 394 g/mol. The normalized spacial score (nSPS) is 15.1. The number of carbonyl (C=O) groups excluding carboxylic acids is 2. The standard InChI is InChI=1S/C20H31FN4O3/c1-4-9-22-19(26)14-25-10-7-16(8-11-25)23-20(27)24(2)13-15-5-6-18(28-3)17(21)12-15/h5-6,12,16H,4,7-11,13-14H2,1-3H3,(H,22,26)(H,23,27). The van der Waals surface area contributed by atoms with Gasteiger partial charge in [0.1, 0.15) is 0 Å². The fourth-order valence-corrected chi connectivity index (χ4v) is 3.20. The first kappa shape index (κ1) is 21.9. The number of piperidine rings is 1. The number of nitrogens with one attached hydrogen (secondary N) is 2. The molecular formula is C20H31FN4O3. The van der Waals surface area contributed by atoms with Crippen molar-refractivity contribution in [3.63, 3.8) is 0 Å². The highest BCUT2D eigenvalue weighted by Crippen LogP contribution is 2.18. The average Bonchev–Trinajstić information content (AvgIpc) is 2.68. The van der Waals surface area contributed by atoms with Crippen molar-refractivity contribution in [1.29, 1.82) is 0 Å². The van der Waals surface area contributed by atoms with E-state index in [4.69, 9.17) is 4.74 Å². The summed E-state index contributed by atoms with van der Waals surface area (Å²) in [5.41, 5.74) is 0.698. The Balaban J connectivity index is 1.74. The number of likely N-dealkylation sites (tertiary alicyclic amines) is 1. The van der Waals surface area contributed by atoms with Gasteiger partial charge in [-0.3, -0.25) is 9.69 Å². The van der Waals surface area contributed by atoms with Gasteiger partial charge in [0, 0.05) is 39.3 Å². The fraction of sp³-hybridized carbons (Fsp3) is 0.600. The number of hydrogen-bond donors (Lipinski definition) is 2. The molecular weight excluding hydrogens is 363 g/mol. The minimum Gasteiger partial charge on any atom is -0.494 e. The molecule has 1 aliphatic heterocycles. The Morgan fingerprint density at radius 2 is 2.04 bits per heavy atom. The second-order valence-corrected chi connectivity index (χ2v) is 7.17. The third-order valence-corrected chi connectivity index (χ3v) is 4.84. The molecule has 0 atom stereocenters. The molecule has 2 rings (SSSR count). The van der Waals surface area contributed by atoms with Crippen molar-refractivity contribution in [2.24, 2.45) is 0 Å². The highest BCUT2D eigenvalue weighted by atomic mass is 19.1. The Morgan fingerprint density at radius 3 is 2.64 bits per heavy atom. The molecule has 1 aliphatic rings. The van der Waals surface area contributed by atoms with Crippen molar-refractivity contribution in [2.75, 3.05) is 40.3 Å². The van der Waals surface area contributed by atoms with Gasteiger partial charge in [-0.2, -0.15) is 0 Å². The summed E-state index contributed by atoms with van der Waals surface area (Å²) < 4.78 is 18.7. The van der Waals surface area contributed by atoms with Gasteiger partial charge in [0.25, 0.3) is 0 Å². The summed E-state index contributed by atoms with van der Waals surface area (Å²) in [6, 6.07) is 4.58. The Bertz CT molecular complexity index is 663. The van der Waals surface area contributed by atoms with Crippen LogP contribution in [0.1, 0.15) is 31.7 Å². The summed E-state index contributed by atoms with van der Waals surface area (Å²) in [7, 11) is 3.10. The topological polar surface area (TPSA) is 73.9 Å². The lowest BCUT2D eigenvalue weighted by Crippen LogP contribution is -2.49. The first-order valence-corrected chi connectivity index (χ1v) is 9.76. The van der Waals surface area contributed by atoms with Gasteiger partial charge >= 0.3 is 6.03 Å². The number of carbonyl (C=O) groups is 2. The molecule has 0 saturated carbocycles. The predicted octanol–water partition coefficient (Wildman–Crippen LogP) is 1.97. The quantitative estimate of drug-likeness (QED) is 0.707. The Morgan fingerprint density at radius 1 is 1.32 bits per heavy atom. The van der Waals surface area contributed by atoms with Gasteiger partial charge in [0.05, 0.1) is 13.7 Å². The van der Waals surface area contributed by atoms with Crippen LogP contribution in [0.5, 0.6) is 5.75 Å². The number of amides is 3. The van der Waals surface area contributed by atoms with E-state index in [1.54, 1.807) is 19.2 Å². The van der Waals surface area contributed by atoms with E-state index >= 15 is 0 Å². The summed E-state index contributed by atoms with van der Waals surface area (Å²) in [6.45, 7) is 5.00. The third-order valence-electron chi connectivity index (χ3n) is 4.84. The van der Waals surface area contributed by atoms with Crippen LogP contribution in [0.4, 0.5) is 9.18 Å². The molecule has 0 aliphatic carbocycles. The van der Waals surface area contributed by atoms with Gasteiger partial charge in [-0.05, 0) is 37.0 Å². The third kappa shape index (κ3) is 6.67. The minimum absolute atomic E-state index is 0.0517. The second-order valence-electron chi connectivity index (χ2n) is 7.17. The maximum atomic E-state index is 13.8. The summed E-state index contributed by atoms with van der Waals surface area (Å²) in [4.78, 5) is 27.9. The summed E-state index contributed by atoms with van der Waals surface area (Å²) in [6.07, 6.45) is 2.53. The minimum atomic E-state index is -0.441. The zero-order valence-electron chi connectivity index (χ0n) is 17.0. The number of halogens is 1. The van der Waals surface area contributed by atoms with Gasteiger partial charge in [0.15, 0.2) is 11.6 Å². The number of urea groups is 1. The molecule has 0 aromatic heterocycles. The first-order chi connectivity index (χ1) is 13.4. The summed E-state index contributed by atoms with van der Waals surface area (Å²) >= 11 is 0. The van der Waals surface area contributed by atoms with Crippen LogP contribution in [0.15, 0.2) is 18.2 Å². The lowest BCUT2D eigenvalue weighted by Gasteiger charge is -2.32. The van der Waals surface area contributed by atoms with E-state index in [0.717, 1.165) is 32.4 Å². The molecule has 1 aromatic rings. The number of hydrogen-bond acceptors (Lipinski definition) is 4. The largest absolute Gasteiger partial charge is 0.494 e. The van der Waals surface area contributed by atoms with Crippen LogP contribution >= 0.6 is 0 Å².